The van der Waals surface area contributed by atoms with Crippen molar-refractivity contribution < 1.29 is 27.5 Å². The van der Waals surface area contributed by atoms with Gasteiger partial charge in [-0.15, -0.1) is 0 Å². The number of carbonyl (C=O) groups is 2. The summed E-state index contributed by atoms with van der Waals surface area (Å²) in [6.07, 6.45) is 3.08. The Bertz CT molecular complexity index is 1460. The van der Waals surface area contributed by atoms with Crippen LogP contribution in [0.25, 0.3) is 0 Å². The van der Waals surface area contributed by atoms with Gasteiger partial charge in [-0.25, -0.2) is 8.42 Å². The monoisotopic (exact) mass is 640 g/mol. The minimum atomic E-state index is -3.89. The maximum Gasteiger partial charge on any atom is 0.243 e. The van der Waals surface area contributed by atoms with E-state index in [0.717, 1.165) is 31.4 Å². The maximum absolute atomic E-state index is 14.1. The Labute approximate surface area is 267 Å². The smallest absolute Gasteiger partial charge is 0.243 e. The number of carbonyl (C=O) groups excluding carboxylic acids is 2. The van der Waals surface area contributed by atoms with E-state index in [9.17, 15) is 18.0 Å². The lowest BCUT2D eigenvalue weighted by Gasteiger charge is -2.34. The van der Waals surface area contributed by atoms with Gasteiger partial charge in [0.05, 0.1) is 16.5 Å². The van der Waals surface area contributed by atoms with Crippen molar-refractivity contribution in [3.63, 3.8) is 0 Å². The highest BCUT2D eigenvalue weighted by molar-refractivity contribution is 7.89. The highest BCUT2D eigenvalue weighted by Gasteiger charge is 2.60. The molecule has 11 heteroatoms. The fourth-order valence-electron chi connectivity index (χ4n) is 6.69. The summed E-state index contributed by atoms with van der Waals surface area (Å²) in [6.45, 7) is 11.4. The topological polar surface area (TPSA) is 126 Å². The lowest BCUT2D eigenvalue weighted by atomic mass is 9.91. The minimum Gasteiger partial charge on any atom is -0.454 e. The average molecular weight is 641 g/mol. The summed E-state index contributed by atoms with van der Waals surface area (Å²) >= 11 is 0. The molecule has 2 heterocycles. The number of benzene rings is 2. The molecule has 2 aromatic rings. The third-order valence-electron chi connectivity index (χ3n) is 9.64. The van der Waals surface area contributed by atoms with Crippen molar-refractivity contribution in [1.29, 1.82) is 0 Å². The van der Waals surface area contributed by atoms with Crippen LogP contribution < -0.4 is 25.4 Å². The molecule has 10 nitrogen and oxygen atoms in total. The first kappa shape index (κ1) is 33.2. The summed E-state index contributed by atoms with van der Waals surface area (Å²) in [5.41, 5.74) is 0.415. The van der Waals surface area contributed by atoms with Crippen LogP contribution >= 0.6 is 0 Å². The second kappa shape index (κ2) is 13.7. The van der Waals surface area contributed by atoms with Gasteiger partial charge in [0.15, 0.2) is 11.5 Å². The molecule has 5 rings (SSSR count). The Morgan fingerprint density at radius 2 is 1.78 bits per heavy atom. The molecule has 0 bridgehead atoms. The summed E-state index contributed by atoms with van der Waals surface area (Å²) in [6, 6.07) is 13.8. The molecule has 0 radical (unpaired) electrons. The van der Waals surface area contributed by atoms with Crippen molar-refractivity contribution >= 4 is 21.8 Å². The molecular weight excluding hydrogens is 592 g/mol. The molecule has 2 aromatic carbocycles. The van der Waals surface area contributed by atoms with Gasteiger partial charge in [0.25, 0.3) is 0 Å². The number of ether oxygens (including phenoxy) is 2. The summed E-state index contributed by atoms with van der Waals surface area (Å²) < 4.78 is 40.6. The first-order valence-electron chi connectivity index (χ1n) is 16.3. The molecule has 1 aliphatic carbocycles. The van der Waals surface area contributed by atoms with Gasteiger partial charge < -0.3 is 25.4 Å². The normalized spacial score (nSPS) is 24.3. The molecule has 1 saturated carbocycles. The fraction of sp³-hybridized carbons (Fsp3) is 0.588. The van der Waals surface area contributed by atoms with Crippen LogP contribution in [0.4, 0.5) is 0 Å². The van der Waals surface area contributed by atoms with Gasteiger partial charge in [0.2, 0.25) is 28.6 Å². The van der Waals surface area contributed by atoms with Gasteiger partial charge in [0, 0.05) is 25.1 Å². The Morgan fingerprint density at radius 3 is 2.44 bits per heavy atom. The van der Waals surface area contributed by atoms with Crippen LogP contribution in [0.2, 0.25) is 0 Å². The number of rotatable bonds is 14. The van der Waals surface area contributed by atoms with E-state index in [1.165, 1.54) is 10.4 Å². The van der Waals surface area contributed by atoms with E-state index in [1.54, 1.807) is 12.1 Å². The summed E-state index contributed by atoms with van der Waals surface area (Å²) in [4.78, 5) is 27.4. The number of hydrogen-bond donors (Lipinski definition) is 3. The van der Waals surface area contributed by atoms with Crippen LogP contribution in [0.5, 0.6) is 11.5 Å². The average Bonchev–Trinajstić information content (AvgIpc) is 3.34. The van der Waals surface area contributed by atoms with Gasteiger partial charge in [-0.05, 0) is 61.3 Å². The standard InChI is InChI=1S/C34H48N4O6S/c1-6-23(4)31(36-32(39)28-13-10-16-35-28)33(40)37-34(18-27(34)25-11-8-7-9-12-25)24(5)20-38(19-22(2)3)45(41,42)26-14-15-29-30(17-26)44-21-43-29/h7-9,11-12,14-15,17,22-24,27-28,31,35H,6,10,13,16,18-21H2,1-5H3,(H,36,39)(H,37,40)/t23?,24-,27?,28?,31+,34-/m1/s1. The highest BCUT2D eigenvalue weighted by Crippen LogP contribution is 2.56. The SMILES string of the molecule is CCC(C)[C@H](NC(=O)C1CCCN1)C(=O)N[C@@]1([C@H](C)CN(CC(C)C)S(=O)(=O)c2ccc3c(c2)OCO3)CC1c1ccccc1. The Morgan fingerprint density at radius 1 is 1.04 bits per heavy atom. The number of amides is 2. The van der Waals surface area contributed by atoms with Crippen molar-refractivity contribution in [2.45, 2.75) is 88.7 Å². The van der Waals surface area contributed by atoms with E-state index in [0.29, 0.717) is 24.5 Å². The zero-order valence-corrected chi connectivity index (χ0v) is 27.9. The van der Waals surface area contributed by atoms with E-state index in [-0.39, 0.29) is 59.8 Å². The summed E-state index contributed by atoms with van der Waals surface area (Å²) in [5.74, 6) is 0.323. The lowest BCUT2D eigenvalue weighted by molar-refractivity contribution is -0.132. The van der Waals surface area contributed by atoms with E-state index in [4.69, 9.17) is 9.47 Å². The van der Waals surface area contributed by atoms with Crippen LogP contribution in [0, 0.1) is 17.8 Å². The molecule has 6 atom stereocenters. The van der Waals surface area contributed by atoms with E-state index >= 15 is 0 Å². The zero-order valence-electron chi connectivity index (χ0n) is 27.0. The minimum absolute atomic E-state index is 0.0107. The third-order valence-corrected chi connectivity index (χ3v) is 11.5. The molecule has 3 N–H and O–H groups in total. The van der Waals surface area contributed by atoms with Crippen molar-refractivity contribution in [1.82, 2.24) is 20.3 Å². The first-order chi connectivity index (χ1) is 21.5. The summed E-state index contributed by atoms with van der Waals surface area (Å²) in [7, 11) is -3.89. The van der Waals surface area contributed by atoms with Gasteiger partial charge in [-0.1, -0.05) is 71.4 Å². The second-order valence-corrected chi connectivity index (χ2v) is 15.3. The number of hydrogen-bond acceptors (Lipinski definition) is 7. The Balaban J connectivity index is 1.42. The van der Waals surface area contributed by atoms with Crippen molar-refractivity contribution in [3.05, 3.63) is 54.1 Å². The van der Waals surface area contributed by atoms with Crippen molar-refractivity contribution in [2.24, 2.45) is 17.8 Å². The Hall–Kier alpha value is -3.15. The molecule has 2 amide bonds. The largest absolute Gasteiger partial charge is 0.454 e. The van der Waals surface area contributed by atoms with Crippen LogP contribution in [0.1, 0.15) is 71.8 Å². The fourth-order valence-corrected chi connectivity index (χ4v) is 8.40. The van der Waals surface area contributed by atoms with Gasteiger partial charge in [-0.2, -0.15) is 4.31 Å². The molecule has 1 saturated heterocycles. The zero-order chi connectivity index (χ0) is 32.4. The molecule has 0 aromatic heterocycles. The van der Waals surface area contributed by atoms with Gasteiger partial charge in [0.1, 0.15) is 6.04 Å². The first-order valence-corrected chi connectivity index (χ1v) is 17.7. The van der Waals surface area contributed by atoms with Crippen LogP contribution in [-0.2, 0) is 19.6 Å². The molecular formula is C34H48N4O6S. The van der Waals surface area contributed by atoms with Crippen molar-refractivity contribution in [2.75, 3.05) is 26.4 Å². The lowest BCUT2D eigenvalue weighted by Crippen LogP contribution is -2.58. The molecule has 0 spiro atoms. The number of fused-ring (bicyclic) bond motifs is 1. The van der Waals surface area contributed by atoms with Gasteiger partial charge >= 0.3 is 0 Å². The predicted molar refractivity (Wildman–Crippen MR) is 172 cm³/mol. The third kappa shape index (κ3) is 7.15. The number of nitrogens with one attached hydrogen (secondary N) is 3. The molecule has 2 fully saturated rings. The molecule has 246 valence electrons. The highest BCUT2D eigenvalue weighted by atomic mass is 32.2. The quantitative estimate of drug-likeness (QED) is 0.285. The molecule has 3 aliphatic rings. The number of nitrogens with zero attached hydrogens (tertiary/aromatic N) is 1. The second-order valence-electron chi connectivity index (χ2n) is 13.3. The van der Waals surface area contributed by atoms with Crippen LogP contribution in [-0.4, -0.2) is 68.6 Å². The maximum atomic E-state index is 14.1. The van der Waals surface area contributed by atoms with E-state index in [1.807, 2.05) is 52.8 Å². The van der Waals surface area contributed by atoms with E-state index in [2.05, 4.69) is 28.1 Å². The number of sulfonamides is 1. The predicted octanol–water partition coefficient (Wildman–Crippen LogP) is 4.02. The van der Waals surface area contributed by atoms with Crippen molar-refractivity contribution in [3.8, 4) is 11.5 Å². The molecule has 45 heavy (non-hydrogen) atoms. The molecule has 2 aliphatic heterocycles. The van der Waals surface area contributed by atoms with Gasteiger partial charge in [-0.3, -0.25) is 9.59 Å². The Kier molecular flexibility index (Phi) is 10.1. The van der Waals surface area contributed by atoms with Crippen LogP contribution in [0.15, 0.2) is 53.4 Å². The summed E-state index contributed by atoms with van der Waals surface area (Å²) in [5, 5.41) is 9.65. The molecule has 3 unspecified atom stereocenters. The van der Waals surface area contributed by atoms with Crippen LogP contribution in [0.3, 0.4) is 0 Å². The van der Waals surface area contributed by atoms with E-state index < -0.39 is 21.6 Å².